The van der Waals surface area contributed by atoms with E-state index in [4.69, 9.17) is 4.74 Å². The molecule has 2 aliphatic carbocycles. The van der Waals surface area contributed by atoms with Crippen molar-refractivity contribution in [2.45, 2.75) is 45.1 Å². The van der Waals surface area contributed by atoms with Gasteiger partial charge < -0.3 is 4.74 Å². The molecule has 0 radical (unpaired) electrons. The Balaban J connectivity index is 1.79. The van der Waals surface area contributed by atoms with Gasteiger partial charge in [-0.2, -0.15) is 0 Å². The molecule has 0 aromatic heterocycles. The molecule has 2 rings (SSSR count). The third-order valence-corrected chi connectivity index (χ3v) is 3.69. The predicted octanol–water partition coefficient (Wildman–Crippen LogP) is 2.06. The normalized spacial score (nSPS) is 22.2. The fraction of sp³-hybridized carbons (Fsp3) is 0.923. The number of carbonyl (C=O) groups excluding carboxylic acids is 1. The van der Waals surface area contributed by atoms with Crippen LogP contribution in [0.15, 0.2) is 0 Å². The maximum Gasteiger partial charge on any atom is 0.307 e. The Morgan fingerprint density at radius 2 is 1.75 bits per heavy atom. The van der Waals surface area contributed by atoms with E-state index in [2.05, 4.69) is 11.8 Å². The Morgan fingerprint density at radius 3 is 2.12 bits per heavy atom. The highest BCUT2D eigenvalue weighted by molar-refractivity contribution is 5.69. The molecule has 1 unspecified atom stereocenters. The summed E-state index contributed by atoms with van der Waals surface area (Å²) < 4.78 is 4.75. The van der Waals surface area contributed by atoms with E-state index < -0.39 is 0 Å². The third-order valence-electron chi connectivity index (χ3n) is 3.69. The van der Waals surface area contributed by atoms with Crippen LogP contribution in [0.3, 0.4) is 0 Å². The molecule has 2 saturated carbocycles. The molecule has 0 N–H and O–H groups in total. The Kier molecular flexibility index (Phi) is 3.85. The van der Waals surface area contributed by atoms with Crippen LogP contribution in [-0.2, 0) is 9.53 Å². The van der Waals surface area contributed by atoms with Gasteiger partial charge in [-0.15, -0.1) is 0 Å². The fourth-order valence-corrected chi connectivity index (χ4v) is 2.15. The van der Waals surface area contributed by atoms with Crippen molar-refractivity contribution < 1.29 is 9.53 Å². The number of hydrogen-bond acceptors (Lipinski definition) is 3. The topological polar surface area (TPSA) is 29.5 Å². The minimum absolute atomic E-state index is 0.0795. The van der Waals surface area contributed by atoms with E-state index in [-0.39, 0.29) is 5.97 Å². The molecule has 2 aliphatic rings. The smallest absolute Gasteiger partial charge is 0.307 e. The predicted molar refractivity (Wildman–Crippen MR) is 63.1 cm³/mol. The summed E-state index contributed by atoms with van der Waals surface area (Å²) in [6.07, 6.45) is 6.06. The average Bonchev–Trinajstić information content (AvgIpc) is 3.10. The quantitative estimate of drug-likeness (QED) is 0.621. The Hall–Kier alpha value is -0.570. The van der Waals surface area contributed by atoms with Gasteiger partial charge >= 0.3 is 5.97 Å². The summed E-state index contributed by atoms with van der Waals surface area (Å²) in [6.45, 7) is 4.53. The number of esters is 1. The lowest BCUT2D eigenvalue weighted by Gasteiger charge is -2.28. The molecule has 2 fully saturated rings. The number of nitrogens with zero attached hydrogens (tertiary/aromatic N) is 1. The molecule has 3 nitrogen and oxygen atoms in total. The molecule has 3 heteroatoms. The van der Waals surface area contributed by atoms with Gasteiger partial charge in [0.15, 0.2) is 0 Å². The summed E-state index contributed by atoms with van der Waals surface area (Å²) in [7, 11) is 1.47. The van der Waals surface area contributed by atoms with Crippen LogP contribution in [0.25, 0.3) is 0 Å². The second kappa shape index (κ2) is 5.17. The highest BCUT2D eigenvalue weighted by Crippen LogP contribution is 2.34. The monoisotopic (exact) mass is 225 g/mol. The summed E-state index contributed by atoms with van der Waals surface area (Å²) in [4.78, 5) is 13.8. The van der Waals surface area contributed by atoms with E-state index in [0.29, 0.717) is 12.5 Å². The lowest BCUT2D eigenvalue weighted by Crippen LogP contribution is -2.38. The molecule has 0 aliphatic heterocycles. The van der Waals surface area contributed by atoms with Crippen molar-refractivity contribution in [2.24, 2.45) is 11.8 Å². The van der Waals surface area contributed by atoms with Gasteiger partial charge in [-0.05, 0) is 44.4 Å². The highest BCUT2D eigenvalue weighted by atomic mass is 16.5. The van der Waals surface area contributed by atoms with Crippen LogP contribution < -0.4 is 0 Å². The van der Waals surface area contributed by atoms with E-state index in [9.17, 15) is 4.79 Å². The maximum atomic E-state index is 11.3. The maximum absolute atomic E-state index is 11.3. The molecule has 0 spiro atoms. The highest BCUT2D eigenvalue weighted by Gasteiger charge is 2.31. The average molecular weight is 225 g/mol. The lowest BCUT2D eigenvalue weighted by molar-refractivity contribution is -0.141. The zero-order valence-electron chi connectivity index (χ0n) is 10.4. The van der Waals surface area contributed by atoms with Crippen LogP contribution >= 0.6 is 0 Å². The van der Waals surface area contributed by atoms with Crippen molar-refractivity contribution >= 4 is 5.97 Å². The van der Waals surface area contributed by atoms with Gasteiger partial charge in [-0.25, -0.2) is 0 Å². The minimum atomic E-state index is -0.0795. The lowest BCUT2D eigenvalue weighted by atomic mass is 10.1. The fourth-order valence-electron chi connectivity index (χ4n) is 2.15. The summed E-state index contributed by atoms with van der Waals surface area (Å²) in [5.41, 5.74) is 0. The first-order valence-electron chi connectivity index (χ1n) is 6.50. The second-order valence-electron chi connectivity index (χ2n) is 5.47. The second-order valence-corrected chi connectivity index (χ2v) is 5.47. The molecular formula is C13H23NO2. The van der Waals surface area contributed by atoms with Crippen LogP contribution in [0, 0.1) is 11.8 Å². The van der Waals surface area contributed by atoms with E-state index >= 15 is 0 Å². The van der Waals surface area contributed by atoms with E-state index in [1.165, 1.54) is 45.9 Å². The summed E-state index contributed by atoms with van der Waals surface area (Å²) >= 11 is 0. The van der Waals surface area contributed by atoms with Crippen molar-refractivity contribution in [3.8, 4) is 0 Å². The van der Waals surface area contributed by atoms with Crippen molar-refractivity contribution in [3.63, 3.8) is 0 Å². The molecule has 1 atom stereocenters. The van der Waals surface area contributed by atoms with Gasteiger partial charge in [0.05, 0.1) is 13.5 Å². The van der Waals surface area contributed by atoms with Crippen molar-refractivity contribution in [2.75, 3.05) is 20.2 Å². The molecule has 92 valence electrons. The largest absolute Gasteiger partial charge is 0.469 e. The molecule has 0 bridgehead atoms. The number of ether oxygens (including phenoxy) is 1. The van der Waals surface area contributed by atoms with Crippen LogP contribution in [0.2, 0.25) is 0 Å². The van der Waals surface area contributed by atoms with Gasteiger partial charge in [0.2, 0.25) is 0 Å². The zero-order valence-corrected chi connectivity index (χ0v) is 10.4. The van der Waals surface area contributed by atoms with Gasteiger partial charge in [0.1, 0.15) is 0 Å². The van der Waals surface area contributed by atoms with Crippen LogP contribution in [0.1, 0.15) is 39.0 Å². The molecule has 0 heterocycles. The van der Waals surface area contributed by atoms with Crippen LogP contribution in [0.4, 0.5) is 0 Å². The molecule has 0 aromatic rings. The Morgan fingerprint density at radius 1 is 1.25 bits per heavy atom. The third kappa shape index (κ3) is 3.78. The van der Waals surface area contributed by atoms with E-state index in [1.54, 1.807) is 0 Å². The van der Waals surface area contributed by atoms with E-state index in [1.807, 2.05) is 0 Å². The van der Waals surface area contributed by atoms with Crippen molar-refractivity contribution in [1.82, 2.24) is 4.90 Å². The number of rotatable bonds is 7. The first-order valence-corrected chi connectivity index (χ1v) is 6.50. The van der Waals surface area contributed by atoms with Crippen molar-refractivity contribution in [3.05, 3.63) is 0 Å². The summed E-state index contributed by atoms with van der Waals surface area (Å²) in [6, 6.07) is 0.341. The molecule has 0 saturated heterocycles. The molecule has 16 heavy (non-hydrogen) atoms. The molecule has 0 amide bonds. The first-order chi connectivity index (χ1) is 7.69. The zero-order chi connectivity index (χ0) is 11.5. The number of methoxy groups -OCH3 is 1. The van der Waals surface area contributed by atoms with Gasteiger partial charge in [-0.3, -0.25) is 9.69 Å². The molecular weight excluding hydrogens is 202 g/mol. The minimum Gasteiger partial charge on any atom is -0.469 e. The number of hydrogen-bond donors (Lipinski definition) is 0. The van der Waals surface area contributed by atoms with Crippen LogP contribution in [-0.4, -0.2) is 37.1 Å². The number of carbonyl (C=O) groups is 1. The first kappa shape index (κ1) is 11.9. The summed E-state index contributed by atoms with van der Waals surface area (Å²) in [5, 5.41) is 0. The summed E-state index contributed by atoms with van der Waals surface area (Å²) in [5.74, 6) is 1.72. The SMILES string of the molecule is COC(=O)CC(C)N(CC1CC1)CC1CC1. The Labute approximate surface area is 98.1 Å². The Bertz CT molecular complexity index is 232. The van der Waals surface area contributed by atoms with Gasteiger partial charge in [0.25, 0.3) is 0 Å². The van der Waals surface area contributed by atoms with Gasteiger partial charge in [0, 0.05) is 19.1 Å². The van der Waals surface area contributed by atoms with Crippen LogP contribution in [0.5, 0.6) is 0 Å². The van der Waals surface area contributed by atoms with Crippen molar-refractivity contribution in [1.29, 1.82) is 0 Å². The van der Waals surface area contributed by atoms with Gasteiger partial charge in [-0.1, -0.05) is 0 Å². The van der Waals surface area contributed by atoms with E-state index in [0.717, 1.165) is 11.8 Å². The standard InChI is InChI=1S/C13H23NO2/c1-10(7-13(15)16-2)14(8-11-3-4-11)9-12-5-6-12/h10-12H,3-9H2,1-2H3. The molecule has 0 aromatic carbocycles.